The number of thioether (sulfide) groups is 1. The second-order valence-corrected chi connectivity index (χ2v) is 7.65. The lowest BCUT2D eigenvalue weighted by Crippen LogP contribution is -2.30. The van der Waals surface area contributed by atoms with Gasteiger partial charge in [-0.05, 0) is 37.1 Å². The molecule has 0 atom stereocenters. The first kappa shape index (κ1) is 17.9. The summed E-state index contributed by atoms with van der Waals surface area (Å²) in [5.41, 5.74) is 3.58. The Morgan fingerprint density at radius 3 is 2.84 bits per heavy atom. The van der Waals surface area contributed by atoms with Gasteiger partial charge in [-0.1, -0.05) is 0 Å². The molecule has 1 N–H and O–H groups in total. The highest BCUT2D eigenvalue weighted by molar-refractivity contribution is 7.98. The Kier molecular flexibility index (Phi) is 6.47. The first-order valence-electron chi connectivity index (χ1n) is 8.38. The van der Waals surface area contributed by atoms with Crippen molar-refractivity contribution in [3.05, 3.63) is 46.4 Å². The van der Waals surface area contributed by atoms with Crippen LogP contribution in [0.5, 0.6) is 0 Å². The summed E-state index contributed by atoms with van der Waals surface area (Å²) in [5.74, 6) is 1.01. The average Bonchev–Trinajstić information content (AvgIpc) is 3.29. The summed E-state index contributed by atoms with van der Waals surface area (Å²) in [7, 11) is 0. The minimum absolute atomic E-state index is 0.0659. The van der Waals surface area contributed by atoms with E-state index in [4.69, 9.17) is 0 Å². The van der Waals surface area contributed by atoms with Crippen LogP contribution in [0.15, 0.2) is 40.1 Å². The lowest BCUT2D eigenvalue weighted by Gasteiger charge is -2.15. The van der Waals surface area contributed by atoms with E-state index in [1.165, 1.54) is 0 Å². The molecule has 0 saturated carbocycles. The van der Waals surface area contributed by atoms with Gasteiger partial charge in [0, 0.05) is 47.6 Å². The van der Waals surface area contributed by atoms with E-state index >= 15 is 0 Å². The first-order valence-corrected chi connectivity index (χ1v) is 10.3. The van der Waals surface area contributed by atoms with Crippen LogP contribution in [0.2, 0.25) is 0 Å². The van der Waals surface area contributed by atoms with Crippen LogP contribution >= 0.6 is 23.1 Å². The van der Waals surface area contributed by atoms with Crippen LogP contribution in [0.1, 0.15) is 35.3 Å². The van der Waals surface area contributed by atoms with E-state index in [1.54, 1.807) is 23.1 Å². The maximum Gasteiger partial charge on any atom is 0.251 e. The van der Waals surface area contributed by atoms with E-state index < -0.39 is 0 Å². The molecule has 2 amide bonds. The van der Waals surface area contributed by atoms with E-state index in [-0.39, 0.29) is 11.8 Å². The van der Waals surface area contributed by atoms with Crippen molar-refractivity contribution in [2.45, 2.75) is 29.9 Å². The van der Waals surface area contributed by atoms with Gasteiger partial charge >= 0.3 is 0 Å². The number of hydrogen-bond donors (Lipinski definition) is 1. The van der Waals surface area contributed by atoms with Crippen LogP contribution in [-0.2, 0) is 10.5 Å². The molecule has 1 aromatic heterocycles. The van der Waals surface area contributed by atoms with E-state index in [9.17, 15) is 9.59 Å². The monoisotopic (exact) mass is 375 g/mol. The van der Waals surface area contributed by atoms with Crippen LogP contribution in [-0.4, -0.2) is 41.3 Å². The Morgan fingerprint density at radius 1 is 1.32 bits per heavy atom. The van der Waals surface area contributed by atoms with Crippen LogP contribution in [0.4, 0.5) is 0 Å². The van der Waals surface area contributed by atoms with Gasteiger partial charge in [0.1, 0.15) is 0 Å². The second-order valence-electron chi connectivity index (χ2n) is 5.89. The fourth-order valence-corrected chi connectivity index (χ4v) is 4.15. The number of rotatable bonds is 8. The van der Waals surface area contributed by atoms with Crippen molar-refractivity contribution in [2.75, 3.05) is 19.6 Å². The number of benzene rings is 1. The molecule has 0 spiro atoms. The largest absolute Gasteiger partial charge is 0.352 e. The Labute approximate surface area is 155 Å². The number of carbonyl (C=O) groups is 2. The van der Waals surface area contributed by atoms with Crippen molar-refractivity contribution in [3.63, 3.8) is 0 Å². The molecule has 3 rings (SSSR count). The van der Waals surface area contributed by atoms with E-state index in [0.29, 0.717) is 18.5 Å². The number of thiazole rings is 1. The number of likely N-dealkylation sites (tertiary alicyclic amines) is 1. The van der Waals surface area contributed by atoms with Crippen LogP contribution in [0, 0.1) is 0 Å². The number of nitrogens with one attached hydrogen (secondary N) is 1. The predicted octanol–water partition coefficient (Wildman–Crippen LogP) is 3.18. The molecule has 132 valence electrons. The van der Waals surface area contributed by atoms with E-state index in [0.717, 1.165) is 42.3 Å². The molecule has 1 aromatic carbocycles. The molecule has 5 nitrogen and oxygen atoms in total. The highest BCUT2D eigenvalue weighted by Gasteiger charge is 2.19. The minimum Gasteiger partial charge on any atom is -0.352 e. The molecule has 25 heavy (non-hydrogen) atoms. The summed E-state index contributed by atoms with van der Waals surface area (Å²) in [6.45, 7) is 2.17. The second kappa shape index (κ2) is 9.01. The molecular formula is C18H21N3O2S2. The van der Waals surface area contributed by atoms with Crippen molar-refractivity contribution in [1.82, 2.24) is 15.2 Å². The third kappa shape index (κ3) is 5.31. The molecule has 0 bridgehead atoms. The fourth-order valence-electron chi connectivity index (χ4n) is 2.68. The van der Waals surface area contributed by atoms with Gasteiger partial charge in [0.2, 0.25) is 5.91 Å². The van der Waals surface area contributed by atoms with Crippen LogP contribution in [0.3, 0.4) is 0 Å². The SMILES string of the molecule is O=C(NCCCN1CCCC1=O)c1ccc(SCc2cscn2)cc1. The van der Waals surface area contributed by atoms with E-state index in [1.807, 2.05) is 40.1 Å². The number of hydrogen-bond acceptors (Lipinski definition) is 5. The molecule has 1 fully saturated rings. The number of nitrogens with zero attached hydrogens (tertiary/aromatic N) is 2. The summed E-state index contributed by atoms with van der Waals surface area (Å²) in [5, 5.41) is 4.97. The third-order valence-corrected chi connectivity index (χ3v) is 5.73. The predicted molar refractivity (Wildman–Crippen MR) is 101 cm³/mol. The van der Waals surface area contributed by atoms with Crippen molar-refractivity contribution >= 4 is 34.9 Å². The normalized spacial score (nSPS) is 14.1. The first-order chi connectivity index (χ1) is 12.2. The molecular weight excluding hydrogens is 354 g/mol. The molecule has 0 aliphatic carbocycles. The fraction of sp³-hybridized carbons (Fsp3) is 0.389. The standard InChI is InChI=1S/C18H21N3O2S2/c22-17-3-1-9-21(17)10-2-8-19-18(23)14-4-6-16(7-5-14)25-12-15-11-24-13-20-15/h4-7,11,13H,1-3,8-10,12H2,(H,19,23). The van der Waals surface area contributed by atoms with Crippen molar-refractivity contribution in [1.29, 1.82) is 0 Å². The Bertz CT molecular complexity index is 702. The zero-order valence-electron chi connectivity index (χ0n) is 13.9. The minimum atomic E-state index is -0.0659. The zero-order chi connectivity index (χ0) is 17.5. The zero-order valence-corrected chi connectivity index (χ0v) is 15.6. The molecule has 1 aliphatic heterocycles. The summed E-state index contributed by atoms with van der Waals surface area (Å²) >= 11 is 3.31. The van der Waals surface area contributed by atoms with Gasteiger partial charge in [-0.15, -0.1) is 23.1 Å². The van der Waals surface area contributed by atoms with Gasteiger partial charge in [-0.2, -0.15) is 0 Å². The van der Waals surface area contributed by atoms with Gasteiger partial charge in [-0.25, -0.2) is 4.98 Å². The smallest absolute Gasteiger partial charge is 0.251 e. The van der Waals surface area contributed by atoms with Gasteiger partial charge in [-0.3, -0.25) is 9.59 Å². The van der Waals surface area contributed by atoms with E-state index in [2.05, 4.69) is 10.3 Å². The summed E-state index contributed by atoms with van der Waals surface area (Å²) in [4.78, 5) is 30.9. The lowest BCUT2D eigenvalue weighted by molar-refractivity contribution is -0.127. The third-order valence-electron chi connectivity index (χ3n) is 4.05. The maximum atomic E-state index is 12.2. The highest BCUT2D eigenvalue weighted by Crippen LogP contribution is 2.23. The maximum absolute atomic E-state index is 12.2. The van der Waals surface area contributed by atoms with Crippen molar-refractivity contribution in [3.8, 4) is 0 Å². The number of aromatic nitrogens is 1. The Hall–Kier alpha value is -1.86. The Morgan fingerprint density at radius 2 is 2.16 bits per heavy atom. The molecule has 1 aliphatic rings. The van der Waals surface area contributed by atoms with Crippen LogP contribution in [0.25, 0.3) is 0 Å². The van der Waals surface area contributed by atoms with Gasteiger partial charge in [0.25, 0.3) is 5.91 Å². The average molecular weight is 376 g/mol. The van der Waals surface area contributed by atoms with Crippen molar-refractivity contribution < 1.29 is 9.59 Å². The molecule has 0 unspecified atom stereocenters. The molecule has 0 radical (unpaired) electrons. The van der Waals surface area contributed by atoms with Crippen LogP contribution < -0.4 is 5.32 Å². The molecule has 2 aromatic rings. The summed E-state index contributed by atoms with van der Waals surface area (Å²) in [6, 6.07) is 7.63. The Balaban J connectivity index is 1.39. The molecule has 1 saturated heterocycles. The highest BCUT2D eigenvalue weighted by atomic mass is 32.2. The lowest BCUT2D eigenvalue weighted by atomic mass is 10.2. The van der Waals surface area contributed by atoms with Gasteiger partial charge in [0.15, 0.2) is 0 Å². The molecule has 2 heterocycles. The van der Waals surface area contributed by atoms with Gasteiger partial charge in [0.05, 0.1) is 11.2 Å². The topological polar surface area (TPSA) is 62.3 Å². The summed E-state index contributed by atoms with van der Waals surface area (Å²) < 4.78 is 0. The summed E-state index contributed by atoms with van der Waals surface area (Å²) in [6.07, 6.45) is 2.41. The number of amides is 2. The quantitative estimate of drug-likeness (QED) is 0.569. The number of carbonyl (C=O) groups excluding carboxylic acids is 2. The molecule has 7 heteroatoms. The van der Waals surface area contributed by atoms with Crippen molar-refractivity contribution in [2.24, 2.45) is 0 Å². The van der Waals surface area contributed by atoms with Gasteiger partial charge < -0.3 is 10.2 Å².